The van der Waals surface area contributed by atoms with Crippen LogP contribution in [0.4, 0.5) is 0 Å². The van der Waals surface area contributed by atoms with Gasteiger partial charge in [0, 0.05) is 50.5 Å². The first-order valence-electron chi connectivity index (χ1n) is 14.9. The molecule has 0 aromatic heterocycles. The van der Waals surface area contributed by atoms with Crippen LogP contribution in [-0.4, -0.2) is 37.9 Å². The molecule has 1 aromatic carbocycles. The van der Waals surface area contributed by atoms with Gasteiger partial charge in [-0.3, -0.25) is 9.69 Å². The molecule has 0 amide bonds. The summed E-state index contributed by atoms with van der Waals surface area (Å²) in [5.41, 5.74) is -0.329. The van der Waals surface area contributed by atoms with Crippen LogP contribution in [0.3, 0.4) is 0 Å². The fourth-order valence-electron chi connectivity index (χ4n) is 2.62. The Labute approximate surface area is 161 Å². The summed E-state index contributed by atoms with van der Waals surface area (Å²) >= 11 is 0. The van der Waals surface area contributed by atoms with Crippen molar-refractivity contribution in [1.29, 1.82) is 0 Å². The topological polar surface area (TPSA) is 38.8 Å². The van der Waals surface area contributed by atoms with E-state index < -0.39 is 69.1 Å². The summed E-state index contributed by atoms with van der Waals surface area (Å²) in [5, 5.41) is 0. The molecule has 0 N–H and O–H groups in total. The van der Waals surface area contributed by atoms with Crippen LogP contribution in [0, 0.1) is 11.8 Å². The van der Waals surface area contributed by atoms with Gasteiger partial charge in [-0.2, -0.15) is 0 Å². The van der Waals surface area contributed by atoms with Gasteiger partial charge in [0.15, 0.2) is 11.5 Å². The average Bonchev–Trinajstić information content (AvgIpc) is 2.80. The van der Waals surface area contributed by atoms with Crippen molar-refractivity contribution in [2.45, 2.75) is 38.9 Å². The second-order valence-electron chi connectivity index (χ2n) is 5.01. The Hall–Kier alpha value is -1.55. The second kappa shape index (κ2) is 6.52. The molecule has 2 aliphatic rings. The zero-order valence-electron chi connectivity index (χ0n) is 28.7. The fourth-order valence-corrected chi connectivity index (χ4v) is 2.62. The number of ether oxygens (including phenoxy) is 2. The maximum absolute atomic E-state index is 13.8. The first-order chi connectivity index (χ1) is 17.4. The maximum Gasteiger partial charge on any atom is 0.161 e. The number of Topliss-reactive ketones (excluding diaryl/α,β-unsaturated/α-hetero) is 1. The van der Waals surface area contributed by atoms with Crippen molar-refractivity contribution in [3.8, 4) is 11.5 Å². The SMILES string of the molecule is [2H]c1c2c(c([2H])c(OC)c1OC)C1N(CC2)C([2H])([2H])C([2H])(C([2H])([2H])C([2H])(C([2H])([2H])[2H])C([2H])([2H])[2H])C(=O)C1([2H])[2H]. The van der Waals surface area contributed by atoms with E-state index in [0.717, 1.165) is 7.11 Å². The van der Waals surface area contributed by atoms with Gasteiger partial charge in [-0.25, -0.2) is 0 Å². The van der Waals surface area contributed by atoms with Crippen molar-refractivity contribution in [2.75, 3.05) is 27.3 Å². The van der Waals surface area contributed by atoms with Crippen LogP contribution < -0.4 is 9.47 Å². The largest absolute Gasteiger partial charge is 0.493 e. The predicted molar refractivity (Wildman–Crippen MR) is 90.1 cm³/mol. The number of hydrogen-bond donors (Lipinski definition) is 0. The number of benzene rings is 1. The highest BCUT2D eigenvalue weighted by Crippen LogP contribution is 2.42. The summed E-state index contributed by atoms with van der Waals surface area (Å²) in [6.07, 6.45) is -8.01. The lowest BCUT2D eigenvalue weighted by Crippen LogP contribution is -2.46. The lowest BCUT2D eigenvalue weighted by atomic mass is 9.80. The number of fused-ring (bicyclic) bond motifs is 3. The lowest BCUT2D eigenvalue weighted by Gasteiger charge is -2.43. The van der Waals surface area contributed by atoms with E-state index in [2.05, 4.69) is 0 Å². The number of piperidine rings is 1. The van der Waals surface area contributed by atoms with Crippen molar-refractivity contribution < 1.29 is 36.2 Å². The van der Waals surface area contributed by atoms with E-state index in [1.807, 2.05) is 0 Å². The van der Waals surface area contributed by atoms with E-state index in [9.17, 15) is 4.79 Å². The van der Waals surface area contributed by atoms with Gasteiger partial charge in [0.05, 0.1) is 17.0 Å². The summed E-state index contributed by atoms with van der Waals surface area (Å²) in [5.74, 6) is -11.0. The summed E-state index contributed by atoms with van der Waals surface area (Å²) in [6.45, 7) is -12.2. The molecular formula is C19H27NO3. The van der Waals surface area contributed by atoms with Crippen LogP contribution >= 0.6 is 0 Å². The van der Waals surface area contributed by atoms with Crippen molar-refractivity contribution in [3.05, 3.63) is 23.2 Å². The molecule has 4 heteroatoms. The van der Waals surface area contributed by atoms with Crippen LogP contribution in [0.15, 0.2) is 12.1 Å². The normalized spacial score (nSPS) is 44.3. The molecule has 126 valence electrons. The third-order valence-electron chi connectivity index (χ3n) is 3.64. The third-order valence-corrected chi connectivity index (χ3v) is 3.64. The molecule has 0 aliphatic carbocycles. The number of rotatable bonds is 4. The maximum atomic E-state index is 13.8. The molecule has 1 fully saturated rings. The van der Waals surface area contributed by atoms with Gasteiger partial charge in [-0.1, -0.05) is 13.7 Å². The quantitative estimate of drug-likeness (QED) is 0.848. The number of nitrogens with zero attached hydrogens (tertiary/aromatic N) is 1. The first kappa shape index (κ1) is 5.76. The van der Waals surface area contributed by atoms with Gasteiger partial charge in [-0.15, -0.1) is 0 Å². The third kappa shape index (κ3) is 3.09. The minimum absolute atomic E-state index is 0.0201. The highest BCUT2D eigenvalue weighted by atomic mass is 16.5. The van der Waals surface area contributed by atoms with Gasteiger partial charge >= 0.3 is 0 Å². The van der Waals surface area contributed by atoms with E-state index >= 15 is 0 Å². The Morgan fingerprint density at radius 1 is 1.52 bits per heavy atom. The number of carbonyl (C=O) groups is 1. The first-order valence-corrected chi connectivity index (χ1v) is 6.91. The van der Waals surface area contributed by atoms with Gasteiger partial charge in [-0.05, 0) is 41.9 Å². The van der Waals surface area contributed by atoms with E-state index in [-0.39, 0.29) is 35.1 Å². The van der Waals surface area contributed by atoms with Crippen LogP contribution in [0.5, 0.6) is 11.5 Å². The summed E-state index contributed by atoms with van der Waals surface area (Å²) in [6, 6.07) is -2.89. The molecule has 0 bridgehead atoms. The Bertz CT molecular complexity index is 1180. The highest BCUT2D eigenvalue weighted by Gasteiger charge is 2.38. The molecule has 3 rings (SSSR count). The number of hydrogen-bond acceptors (Lipinski definition) is 4. The second-order valence-corrected chi connectivity index (χ2v) is 5.01. The molecule has 23 heavy (non-hydrogen) atoms. The molecular weight excluding hydrogens is 290 g/mol. The molecule has 2 aliphatic heterocycles. The Kier molecular flexibility index (Phi) is 1.63. The summed E-state index contributed by atoms with van der Waals surface area (Å²) < 4.78 is 142. The smallest absolute Gasteiger partial charge is 0.161 e. The molecule has 2 atom stereocenters. The summed E-state index contributed by atoms with van der Waals surface area (Å²) in [7, 11) is 2.35. The monoisotopic (exact) mass is 333 g/mol. The van der Waals surface area contributed by atoms with Gasteiger partial charge in [0.25, 0.3) is 0 Å². The Morgan fingerprint density at radius 3 is 2.96 bits per heavy atom. The fraction of sp³-hybridized carbons (Fsp3) is 0.632. The van der Waals surface area contributed by atoms with Gasteiger partial charge in [0.2, 0.25) is 0 Å². The molecule has 0 radical (unpaired) electrons. The number of methoxy groups -OCH3 is 2. The Balaban J connectivity index is 2.41. The van der Waals surface area contributed by atoms with Crippen molar-refractivity contribution in [1.82, 2.24) is 4.90 Å². The zero-order chi connectivity index (χ0) is 30.5. The van der Waals surface area contributed by atoms with Gasteiger partial charge in [0.1, 0.15) is 5.78 Å². The van der Waals surface area contributed by atoms with Crippen molar-refractivity contribution >= 4 is 5.78 Å². The molecule has 1 saturated heterocycles. The predicted octanol–water partition coefficient (Wildman–Crippen LogP) is 3.24. The Morgan fingerprint density at radius 2 is 2.26 bits per heavy atom. The van der Waals surface area contributed by atoms with Crippen LogP contribution in [-0.2, 0) is 11.2 Å². The van der Waals surface area contributed by atoms with E-state index in [1.54, 1.807) is 0 Å². The van der Waals surface area contributed by atoms with E-state index in [4.69, 9.17) is 31.4 Å². The average molecular weight is 334 g/mol. The minimum atomic E-state index is -4.32. The van der Waals surface area contributed by atoms with E-state index in [0.29, 0.717) is 4.90 Å². The van der Waals surface area contributed by atoms with Crippen LogP contribution in [0.1, 0.15) is 65.6 Å². The zero-order valence-corrected chi connectivity index (χ0v) is 12.7. The standard InChI is InChI=1S/C19H27NO3/c1-12(2)7-14-11-20-6-5-13-8-18(22-3)19(23-4)9-15(13)16(20)10-17(14)21/h8-9,12,14,16H,5-7,10-11H2,1-4H3/i1D3,2D3,7D2,8D,9D,10D2,11D2,12D,14D. The molecule has 0 spiro atoms. The molecule has 1 aromatic rings. The minimum Gasteiger partial charge on any atom is -0.493 e. The van der Waals surface area contributed by atoms with Crippen molar-refractivity contribution in [2.24, 2.45) is 11.8 Å². The van der Waals surface area contributed by atoms with Gasteiger partial charge < -0.3 is 9.47 Å². The van der Waals surface area contributed by atoms with Crippen LogP contribution in [0.2, 0.25) is 0 Å². The van der Waals surface area contributed by atoms with E-state index in [1.165, 1.54) is 7.11 Å². The van der Waals surface area contributed by atoms with Crippen LogP contribution in [0.25, 0.3) is 0 Å². The molecule has 4 nitrogen and oxygen atoms in total. The summed E-state index contributed by atoms with van der Waals surface area (Å²) in [4.78, 5) is 14.3. The molecule has 0 saturated carbocycles. The number of ketones is 1. The number of carbonyl (C=O) groups excluding carboxylic acids is 1. The van der Waals surface area contributed by atoms with Crippen molar-refractivity contribution in [3.63, 3.8) is 0 Å². The molecule has 2 heterocycles. The highest BCUT2D eigenvalue weighted by molar-refractivity contribution is 5.83. The molecule has 2 unspecified atom stereocenters. The lowest BCUT2D eigenvalue weighted by molar-refractivity contribution is -0.129.